The highest BCUT2D eigenvalue weighted by atomic mass is 14.2. The van der Waals surface area contributed by atoms with Gasteiger partial charge in [0, 0.05) is 0 Å². The van der Waals surface area contributed by atoms with E-state index in [0.717, 1.165) is 6.42 Å². The van der Waals surface area contributed by atoms with Gasteiger partial charge < -0.3 is 0 Å². The lowest BCUT2D eigenvalue weighted by atomic mass is 9.87. The van der Waals surface area contributed by atoms with Gasteiger partial charge in [-0.1, -0.05) is 528 Å². The van der Waals surface area contributed by atoms with Gasteiger partial charge in [-0.05, 0) is 73.6 Å². The van der Waals surface area contributed by atoms with Crippen molar-refractivity contribution in [2.75, 3.05) is 0 Å². The van der Waals surface area contributed by atoms with Crippen LogP contribution in [0.3, 0.4) is 0 Å². The fourth-order valence-electron chi connectivity index (χ4n) is 16.0. The Balaban J connectivity index is 2.37. The summed E-state index contributed by atoms with van der Waals surface area (Å²) in [6.45, 7) is 11.2. The minimum Gasteiger partial charge on any atom is -0.0654 e. The molecule has 1 radical (unpaired) electrons. The fourth-order valence-corrected chi connectivity index (χ4v) is 16.0. The van der Waals surface area contributed by atoms with E-state index in [1.807, 2.05) is 5.56 Å². The Morgan fingerprint density at radius 2 is 0.298 bits per heavy atom. The van der Waals surface area contributed by atoms with Gasteiger partial charge in [0.1, 0.15) is 0 Å². The minimum absolute atomic E-state index is 1.06. The van der Waals surface area contributed by atoms with Crippen LogP contribution in [0.1, 0.15) is 557 Å². The van der Waals surface area contributed by atoms with E-state index in [0.29, 0.717) is 0 Å². The number of hydrogen-bond acceptors (Lipinski definition) is 0. The van der Waals surface area contributed by atoms with Crippen LogP contribution in [-0.4, -0.2) is 0 Å². The van der Waals surface area contributed by atoms with Crippen LogP contribution in [0, 0.1) is 6.92 Å². The van der Waals surface area contributed by atoms with Gasteiger partial charge >= 0.3 is 0 Å². The summed E-state index contributed by atoms with van der Waals surface area (Å²) in [6.07, 6.45) is 122. The number of benzene rings is 1. The molecule has 0 fully saturated rings. The van der Waals surface area contributed by atoms with Crippen molar-refractivity contribution in [3.8, 4) is 0 Å². The van der Waals surface area contributed by atoms with E-state index in [2.05, 4.69) is 39.8 Å². The maximum absolute atomic E-state index is 4.27. The molecule has 94 heavy (non-hydrogen) atoms. The number of hydrogen-bond donors (Lipinski definition) is 0. The molecule has 0 aromatic heterocycles. The largest absolute Gasteiger partial charge is 0.0654 e. The van der Waals surface area contributed by atoms with E-state index in [1.165, 1.54) is 533 Å². The molecule has 0 heterocycles. The first-order valence-electron chi connectivity index (χ1n) is 45.7. The summed E-state index contributed by atoms with van der Waals surface area (Å²) in [6, 6.07) is 5.41. The third-order valence-corrected chi connectivity index (χ3v) is 22.6. The van der Waals surface area contributed by atoms with Crippen molar-refractivity contribution in [3.05, 3.63) is 41.3 Å². The Morgan fingerprint density at radius 1 is 0.160 bits per heavy atom. The Bertz CT molecular complexity index is 1420. The van der Waals surface area contributed by atoms with Gasteiger partial charge in [0.15, 0.2) is 0 Å². The zero-order valence-corrected chi connectivity index (χ0v) is 66.3. The van der Waals surface area contributed by atoms with Crippen LogP contribution in [0.4, 0.5) is 0 Å². The molecule has 0 saturated carbocycles. The van der Waals surface area contributed by atoms with E-state index in [4.69, 9.17) is 0 Å². The van der Waals surface area contributed by atoms with Crippen LogP contribution in [0.2, 0.25) is 0 Å². The van der Waals surface area contributed by atoms with Crippen molar-refractivity contribution in [2.45, 2.75) is 560 Å². The van der Waals surface area contributed by atoms with Crippen molar-refractivity contribution in [1.82, 2.24) is 0 Å². The number of unbranched alkanes of at least 4 members (excludes halogenated alkanes) is 76. The van der Waals surface area contributed by atoms with Crippen molar-refractivity contribution in [3.63, 3.8) is 0 Å². The zero-order chi connectivity index (χ0) is 67.1. The summed E-state index contributed by atoms with van der Waals surface area (Å²) in [4.78, 5) is 0. The second-order valence-corrected chi connectivity index (χ2v) is 32.1. The maximum atomic E-state index is 4.27. The zero-order valence-electron chi connectivity index (χ0n) is 66.3. The van der Waals surface area contributed by atoms with Gasteiger partial charge in [-0.25, -0.2) is 0 Å². The molecule has 0 aliphatic carbocycles. The second-order valence-electron chi connectivity index (χ2n) is 32.1. The lowest BCUT2D eigenvalue weighted by Gasteiger charge is -2.18. The van der Waals surface area contributed by atoms with E-state index in [-0.39, 0.29) is 0 Å². The summed E-state index contributed by atoms with van der Waals surface area (Å²) in [5.74, 6) is 0. The first kappa shape index (κ1) is 91.2. The summed E-state index contributed by atoms with van der Waals surface area (Å²) in [7, 11) is 0. The average Bonchev–Trinajstić information content (AvgIpc) is 0.856. The average molecular weight is 1310 g/mol. The van der Waals surface area contributed by atoms with E-state index in [1.54, 1.807) is 16.7 Å². The molecule has 0 aliphatic rings. The van der Waals surface area contributed by atoms with Crippen LogP contribution in [-0.2, 0) is 25.7 Å². The van der Waals surface area contributed by atoms with E-state index >= 15 is 0 Å². The molecule has 0 nitrogen and oxygen atoms in total. The highest BCUT2D eigenvalue weighted by Crippen LogP contribution is 2.28. The second kappa shape index (κ2) is 81.2. The molecule has 0 aliphatic heterocycles. The predicted molar refractivity (Wildman–Crippen MR) is 433 cm³/mol. The van der Waals surface area contributed by atoms with Gasteiger partial charge in [0.2, 0.25) is 0 Å². The molecule has 1 aromatic carbocycles. The molecule has 557 valence electrons. The molecule has 0 bridgehead atoms. The lowest BCUT2D eigenvalue weighted by Crippen LogP contribution is -2.05. The van der Waals surface area contributed by atoms with Crippen molar-refractivity contribution < 1.29 is 0 Å². The third-order valence-electron chi connectivity index (χ3n) is 22.6. The molecule has 0 N–H and O–H groups in total. The molecule has 0 spiro atoms. The fraction of sp³-hybridized carbons (Fsp3) is 0.926. The first-order valence-corrected chi connectivity index (χ1v) is 45.7. The van der Waals surface area contributed by atoms with E-state index < -0.39 is 0 Å². The molecule has 0 amide bonds. The van der Waals surface area contributed by atoms with Crippen LogP contribution < -0.4 is 0 Å². The topological polar surface area (TPSA) is 0 Å². The van der Waals surface area contributed by atoms with Crippen molar-refractivity contribution >= 4 is 0 Å². The third kappa shape index (κ3) is 69.7. The first-order chi connectivity index (χ1) is 46.8. The molecule has 1 aromatic rings. The van der Waals surface area contributed by atoms with Crippen LogP contribution >= 0.6 is 0 Å². The maximum Gasteiger partial charge on any atom is -0.0273 e. The van der Waals surface area contributed by atoms with Gasteiger partial charge in [0.05, 0.1) is 0 Å². The SMILES string of the molecule is [CH2]CCCc1cc(CCCCCCCCCCCCCCCCCCCCCCCCCCCC)c(CCCCCCCCCCCCCCCCCCCCCCCCCCCC)c(CCCCCCCCCCCCCCCCCCCCCCCCCCCC)c1. The quantitative estimate of drug-likeness (QED) is 0.0570. The standard InChI is InChI=1S/C94H181/c1-5-9-13-16-19-22-25-28-31-34-37-40-43-46-49-52-55-58-61-64-67-70-73-76-79-82-86-92-89-91(85-12-8-4)90-93(87-83-80-77-74-71-68-65-62-59-56-53-50-47-44-41-38-35-32-29-26-23-20-17-14-10-6-2)94(92)88-84-81-78-75-72-69-66-63-60-57-54-51-48-45-42-39-36-33-30-27-24-21-18-15-11-7-3/h89-90H,4-88H2,1-3H3. The number of rotatable bonds is 84. The van der Waals surface area contributed by atoms with Crippen molar-refractivity contribution in [1.29, 1.82) is 0 Å². The van der Waals surface area contributed by atoms with Gasteiger partial charge in [-0.3, -0.25) is 0 Å². The predicted octanol–water partition coefficient (Wildman–Crippen LogP) is 35.0. The van der Waals surface area contributed by atoms with Crippen molar-refractivity contribution in [2.24, 2.45) is 0 Å². The Kier molecular flexibility index (Phi) is 78.8. The van der Waals surface area contributed by atoms with Gasteiger partial charge in [-0.15, -0.1) is 0 Å². The molecule has 1 rings (SSSR count). The monoisotopic (exact) mass is 1310 g/mol. The van der Waals surface area contributed by atoms with Crippen LogP contribution in [0.15, 0.2) is 12.1 Å². The Morgan fingerprint density at radius 3 is 0.447 bits per heavy atom. The molecular formula is C94H181. The van der Waals surface area contributed by atoms with Crippen LogP contribution in [0.25, 0.3) is 0 Å². The summed E-state index contributed by atoms with van der Waals surface area (Å²) >= 11 is 0. The normalized spacial score (nSPS) is 11.8. The smallest absolute Gasteiger partial charge is 0.0273 e. The summed E-state index contributed by atoms with van der Waals surface area (Å²) in [5, 5.41) is 0. The molecule has 0 atom stereocenters. The van der Waals surface area contributed by atoms with Crippen LogP contribution in [0.5, 0.6) is 0 Å². The summed E-state index contributed by atoms with van der Waals surface area (Å²) in [5.41, 5.74) is 6.96. The van der Waals surface area contributed by atoms with E-state index in [9.17, 15) is 0 Å². The molecular weight excluding hydrogens is 1130 g/mol. The van der Waals surface area contributed by atoms with Gasteiger partial charge in [-0.2, -0.15) is 0 Å². The summed E-state index contributed by atoms with van der Waals surface area (Å²) < 4.78 is 0. The Labute approximate surface area is 598 Å². The molecule has 0 heteroatoms. The van der Waals surface area contributed by atoms with Gasteiger partial charge in [0.25, 0.3) is 0 Å². The molecule has 0 unspecified atom stereocenters. The highest BCUT2D eigenvalue weighted by Gasteiger charge is 2.13. The lowest BCUT2D eigenvalue weighted by molar-refractivity contribution is 0.515. The Hall–Kier alpha value is -0.780. The highest BCUT2D eigenvalue weighted by molar-refractivity contribution is 5.40. The minimum atomic E-state index is 1.06. The molecule has 0 saturated heterocycles. The number of aryl methyl sites for hydroxylation is 3.